The molecule has 224 valence electrons. The Bertz CT molecular complexity index is 711. The van der Waals surface area contributed by atoms with Gasteiger partial charge in [0.15, 0.2) is 33.3 Å². The molecule has 0 rings (SSSR count). The van der Waals surface area contributed by atoms with Gasteiger partial charge in [-0.2, -0.15) is 0 Å². The van der Waals surface area contributed by atoms with E-state index in [4.69, 9.17) is 25.9 Å². The van der Waals surface area contributed by atoms with Gasteiger partial charge in [0.2, 0.25) is 0 Å². The zero-order valence-electron chi connectivity index (χ0n) is 27.0. The van der Waals surface area contributed by atoms with Gasteiger partial charge in [0.05, 0.1) is 0 Å². The van der Waals surface area contributed by atoms with E-state index < -0.39 is 73.8 Å². The molecule has 2 atom stereocenters. The van der Waals surface area contributed by atoms with Crippen LogP contribution in [0.25, 0.3) is 0 Å². The van der Waals surface area contributed by atoms with Crippen LogP contribution in [0.15, 0.2) is 12.2 Å². The Kier molecular flexibility index (Phi) is 14.1. The third-order valence-corrected chi connectivity index (χ3v) is 24.5. The number of hydrogen-bond acceptors (Lipinski definition) is 8. The molecule has 0 saturated heterocycles. The molecule has 0 N–H and O–H groups in total. The fraction of sp³-hybridized carbons (Fsp3) is 0.833. The molecule has 8 nitrogen and oxygen atoms in total. The van der Waals surface area contributed by atoms with Crippen molar-refractivity contribution in [2.24, 2.45) is 0 Å². The molecule has 0 aromatic heterocycles. The van der Waals surface area contributed by atoms with Gasteiger partial charge in [0.1, 0.15) is 11.5 Å². The molecule has 0 amide bonds. The highest BCUT2D eigenvalue weighted by Gasteiger charge is 2.49. The van der Waals surface area contributed by atoms with Gasteiger partial charge >= 0.3 is 29.1 Å². The molecule has 0 aromatic rings. The van der Waals surface area contributed by atoms with Crippen LogP contribution in [0.3, 0.4) is 0 Å². The zero-order chi connectivity index (χ0) is 30.4. The number of ether oxygens (including phenoxy) is 2. The summed E-state index contributed by atoms with van der Waals surface area (Å²) in [6.45, 7) is 33.2. The molecule has 0 aromatic carbocycles. The third kappa shape index (κ3) is 15.6. The first-order valence-corrected chi connectivity index (χ1v) is 32.1. The lowest BCUT2D eigenvalue weighted by molar-refractivity contribution is -0.143. The lowest BCUT2D eigenvalue weighted by Crippen LogP contribution is -2.61. The van der Waals surface area contributed by atoms with Crippen LogP contribution in [0.1, 0.15) is 26.7 Å². The van der Waals surface area contributed by atoms with Crippen molar-refractivity contribution in [2.45, 2.75) is 130 Å². The molecule has 0 bridgehead atoms. The average molecular weight is 641 g/mol. The highest BCUT2D eigenvalue weighted by atomic mass is 28.5. The first kappa shape index (κ1) is 37.8. The van der Waals surface area contributed by atoms with E-state index in [-0.39, 0.29) is 0 Å². The minimum Gasteiger partial charge on any atom is -0.457 e. The first-order chi connectivity index (χ1) is 16.7. The summed E-state index contributed by atoms with van der Waals surface area (Å²) in [6.07, 6.45) is 3.39. The summed E-state index contributed by atoms with van der Waals surface area (Å²) in [4.78, 5) is 25.6. The molecular formula is C24H56O8Si6. The Balaban J connectivity index is 5.71. The summed E-state index contributed by atoms with van der Waals surface area (Å²) in [7, 11) is -13.6. The summed E-state index contributed by atoms with van der Waals surface area (Å²) < 4.78 is 37.8. The SMILES string of the molecule is CCC(OC(=O)/C=C/C(=O)OC(CC)[Si](C)(O[Si](C)(C)C)O[Si](C)(C)C)[Si](C)(O[Si](C)(C)C)O[Si](C)(C)C. The number of carbonyl (C=O) groups excluding carboxylic acids is 2. The summed E-state index contributed by atoms with van der Waals surface area (Å²) in [5, 5.41) is 0. The van der Waals surface area contributed by atoms with E-state index in [1.807, 2.05) is 26.9 Å². The monoisotopic (exact) mass is 640 g/mol. The minimum atomic E-state index is -2.86. The fourth-order valence-corrected chi connectivity index (χ4v) is 29.1. The minimum absolute atomic E-state index is 0.497. The van der Waals surface area contributed by atoms with Crippen LogP contribution in [-0.4, -0.2) is 73.8 Å². The number of rotatable bonds is 16. The Hall–Kier alpha value is -0.179. The van der Waals surface area contributed by atoms with E-state index in [1.165, 1.54) is 0 Å². The van der Waals surface area contributed by atoms with Gasteiger partial charge in [-0.3, -0.25) is 0 Å². The molecular weight excluding hydrogens is 585 g/mol. The highest BCUT2D eigenvalue weighted by Crippen LogP contribution is 2.28. The lowest BCUT2D eigenvalue weighted by atomic mass is 10.4. The second-order valence-electron chi connectivity index (χ2n) is 13.9. The van der Waals surface area contributed by atoms with Crippen molar-refractivity contribution in [3.05, 3.63) is 12.2 Å². The molecule has 14 heteroatoms. The van der Waals surface area contributed by atoms with Crippen molar-refractivity contribution in [2.75, 3.05) is 0 Å². The predicted octanol–water partition coefficient (Wildman–Crippen LogP) is 6.81. The molecule has 0 aliphatic carbocycles. The smallest absolute Gasteiger partial charge is 0.356 e. The molecule has 0 heterocycles. The zero-order valence-corrected chi connectivity index (χ0v) is 33.0. The largest absolute Gasteiger partial charge is 0.457 e. The third-order valence-electron chi connectivity index (χ3n) is 4.82. The fourth-order valence-electron chi connectivity index (χ4n) is 4.35. The van der Waals surface area contributed by atoms with Crippen LogP contribution >= 0.6 is 0 Å². The summed E-state index contributed by atoms with van der Waals surface area (Å²) >= 11 is 0. The van der Waals surface area contributed by atoms with E-state index in [9.17, 15) is 9.59 Å². The molecule has 0 radical (unpaired) electrons. The van der Waals surface area contributed by atoms with E-state index in [2.05, 4.69) is 78.6 Å². The van der Waals surface area contributed by atoms with Gasteiger partial charge in [-0.15, -0.1) is 0 Å². The van der Waals surface area contributed by atoms with Crippen molar-refractivity contribution in [3.8, 4) is 0 Å². The molecule has 0 aliphatic heterocycles. The van der Waals surface area contributed by atoms with Crippen molar-refractivity contribution in [3.63, 3.8) is 0 Å². The molecule has 0 saturated carbocycles. The standard InChI is InChI=1S/C24H56O8Si6/c1-17-23(37(15,29-33(3,4)5)30-34(6,7)8)27-21(25)19-20-22(26)28-24(18-2)38(16,31-35(9,10)11)32-36(12,13)14/h19-20,23-24H,17-18H2,1-16H3/b20-19+. The number of carbonyl (C=O) groups is 2. The topological polar surface area (TPSA) is 89.5 Å². The molecule has 2 unspecified atom stereocenters. The van der Waals surface area contributed by atoms with Gasteiger partial charge in [-0.05, 0) is 104 Å². The first-order valence-electron chi connectivity index (χ1n) is 13.6. The summed E-state index contributed by atoms with van der Waals surface area (Å²) in [5.74, 6) is -1.23. The lowest BCUT2D eigenvalue weighted by Gasteiger charge is -2.42. The quantitative estimate of drug-likeness (QED) is 0.103. The predicted molar refractivity (Wildman–Crippen MR) is 170 cm³/mol. The van der Waals surface area contributed by atoms with Crippen molar-refractivity contribution in [1.82, 2.24) is 0 Å². The van der Waals surface area contributed by atoms with Crippen molar-refractivity contribution < 1.29 is 35.5 Å². The van der Waals surface area contributed by atoms with Crippen molar-refractivity contribution in [1.29, 1.82) is 0 Å². The summed E-state index contributed by atoms with van der Waals surface area (Å²) in [5.41, 5.74) is -0.994. The molecule has 0 aliphatic rings. The Morgan fingerprint density at radius 1 is 0.500 bits per heavy atom. The molecule has 0 spiro atoms. The Labute approximate surface area is 239 Å². The van der Waals surface area contributed by atoms with Crippen LogP contribution in [-0.2, 0) is 35.5 Å². The summed E-state index contributed by atoms with van der Waals surface area (Å²) in [6, 6.07) is 0. The normalized spacial score (nSPS) is 15.9. The molecule has 0 fully saturated rings. The van der Waals surface area contributed by atoms with Gasteiger partial charge in [0.25, 0.3) is 0 Å². The maximum absolute atomic E-state index is 12.8. The van der Waals surface area contributed by atoms with Crippen LogP contribution in [0.5, 0.6) is 0 Å². The van der Waals surface area contributed by atoms with Crippen molar-refractivity contribution >= 4 is 62.3 Å². The van der Waals surface area contributed by atoms with Crippen LogP contribution < -0.4 is 0 Å². The van der Waals surface area contributed by atoms with Gasteiger partial charge in [0, 0.05) is 12.2 Å². The van der Waals surface area contributed by atoms with E-state index in [0.29, 0.717) is 12.8 Å². The van der Waals surface area contributed by atoms with E-state index >= 15 is 0 Å². The van der Waals surface area contributed by atoms with Crippen LogP contribution in [0.4, 0.5) is 0 Å². The maximum Gasteiger partial charge on any atom is 0.356 e. The second kappa shape index (κ2) is 14.1. The Morgan fingerprint density at radius 3 is 0.868 bits per heavy atom. The second-order valence-corrected chi connectivity index (χ2v) is 39.4. The van der Waals surface area contributed by atoms with E-state index in [0.717, 1.165) is 12.2 Å². The van der Waals surface area contributed by atoms with Crippen LogP contribution in [0, 0.1) is 0 Å². The Morgan fingerprint density at radius 2 is 0.711 bits per heavy atom. The van der Waals surface area contributed by atoms with Gasteiger partial charge in [-0.25, -0.2) is 9.59 Å². The highest BCUT2D eigenvalue weighted by molar-refractivity contribution is 6.89. The van der Waals surface area contributed by atoms with Gasteiger partial charge in [-0.1, -0.05) is 13.8 Å². The van der Waals surface area contributed by atoms with Crippen LogP contribution in [0.2, 0.25) is 91.7 Å². The number of hydrogen-bond donors (Lipinski definition) is 0. The van der Waals surface area contributed by atoms with E-state index in [1.54, 1.807) is 0 Å². The van der Waals surface area contributed by atoms with Gasteiger partial charge < -0.3 is 25.9 Å². The molecule has 38 heavy (non-hydrogen) atoms. The average Bonchev–Trinajstić information content (AvgIpc) is 2.62. The maximum atomic E-state index is 12.8. The number of esters is 2.